The largest absolute Gasteiger partial charge is 0.326 e. The van der Waals surface area contributed by atoms with Crippen LogP contribution in [0.1, 0.15) is 6.42 Å². The first-order valence-electron chi connectivity index (χ1n) is 4.62. The van der Waals surface area contributed by atoms with Crippen LogP contribution in [0.2, 0.25) is 0 Å². The van der Waals surface area contributed by atoms with Crippen LogP contribution < -0.4 is 5.32 Å². The van der Waals surface area contributed by atoms with Crippen molar-refractivity contribution >= 4 is 48.9 Å². The molecule has 1 heterocycles. The van der Waals surface area contributed by atoms with Crippen molar-refractivity contribution in [2.45, 2.75) is 6.42 Å². The minimum atomic E-state index is 0.0430. The van der Waals surface area contributed by atoms with Crippen LogP contribution in [-0.2, 0) is 4.79 Å². The number of nitrogens with one attached hydrogen (secondary N) is 1. The number of rotatable bonds is 3. The highest BCUT2D eigenvalue weighted by Gasteiger charge is 2.02. The van der Waals surface area contributed by atoms with Crippen LogP contribution in [0.5, 0.6) is 0 Å². The normalized spacial score (nSPS) is 10.5. The fourth-order valence-electron chi connectivity index (χ4n) is 1.35. The molecule has 0 atom stereocenters. The molecular weight excluding hydrogens is 274 g/mol. The summed E-state index contributed by atoms with van der Waals surface area (Å²) < 4.78 is 1.24. The van der Waals surface area contributed by atoms with E-state index in [9.17, 15) is 4.79 Å². The minimum Gasteiger partial charge on any atom is -0.326 e. The summed E-state index contributed by atoms with van der Waals surface area (Å²) >= 11 is 4.94. The lowest BCUT2D eigenvalue weighted by molar-refractivity contribution is -0.115. The van der Waals surface area contributed by atoms with Crippen LogP contribution >= 0.6 is 27.3 Å². The first kappa shape index (κ1) is 10.6. The SMILES string of the molecule is O=C(CCBr)Nc1ccc2sccc2c1. The molecule has 0 bridgehead atoms. The lowest BCUT2D eigenvalue weighted by atomic mass is 10.2. The van der Waals surface area contributed by atoms with E-state index in [4.69, 9.17) is 0 Å². The van der Waals surface area contributed by atoms with E-state index < -0.39 is 0 Å². The Morgan fingerprint density at radius 2 is 2.27 bits per heavy atom. The number of thiophene rings is 1. The van der Waals surface area contributed by atoms with Crippen molar-refractivity contribution in [2.24, 2.45) is 0 Å². The Kier molecular flexibility index (Phi) is 3.38. The summed E-state index contributed by atoms with van der Waals surface area (Å²) in [6.07, 6.45) is 0.502. The van der Waals surface area contributed by atoms with Crippen molar-refractivity contribution in [3.8, 4) is 0 Å². The number of fused-ring (bicyclic) bond motifs is 1. The third-order valence-electron chi connectivity index (χ3n) is 2.06. The molecule has 0 spiro atoms. The Balaban J connectivity index is 2.17. The first-order chi connectivity index (χ1) is 7.29. The van der Waals surface area contributed by atoms with E-state index in [0.29, 0.717) is 11.8 Å². The smallest absolute Gasteiger partial charge is 0.225 e. The number of hydrogen-bond acceptors (Lipinski definition) is 2. The number of anilines is 1. The fraction of sp³-hybridized carbons (Fsp3) is 0.182. The zero-order valence-electron chi connectivity index (χ0n) is 8.00. The zero-order chi connectivity index (χ0) is 10.7. The van der Waals surface area contributed by atoms with E-state index in [0.717, 1.165) is 5.69 Å². The summed E-state index contributed by atoms with van der Waals surface area (Å²) in [5.74, 6) is 0.0430. The van der Waals surface area contributed by atoms with Gasteiger partial charge in [-0.25, -0.2) is 0 Å². The van der Waals surface area contributed by atoms with Gasteiger partial charge in [-0.05, 0) is 35.0 Å². The lowest BCUT2D eigenvalue weighted by Crippen LogP contribution is -2.11. The summed E-state index contributed by atoms with van der Waals surface area (Å²) in [7, 11) is 0. The number of carbonyl (C=O) groups is 1. The Morgan fingerprint density at radius 3 is 3.07 bits per heavy atom. The van der Waals surface area contributed by atoms with Gasteiger partial charge in [-0.15, -0.1) is 11.3 Å². The average molecular weight is 284 g/mol. The van der Waals surface area contributed by atoms with Crippen molar-refractivity contribution in [1.82, 2.24) is 0 Å². The number of benzene rings is 1. The second kappa shape index (κ2) is 4.77. The van der Waals surface area contributed by atoms with Gasteiger partial charge in [-0.3, -0.25) is 4.79 Å². The highest BCUT2D eigenvalue weighted by molar-refractivity contribution is 9.09. The van der Waals surface area contributed by atoms with Crippen LogP contribution in [0, 0.1) is 0 Å². The number of hydrogen-bond donors (Lipinski definition) is 1. The molecule has 0 fully saturated rings. The average Bonchev–Trinajstić information content (AvgIpc) is 2.65. The van der Waals surface area contributed by atoms with E-state index in [1.54, 1.807) is 11.3 Å². The van der Waals surface area contributed by atoms with Gasteiger partial charge in [0.2, 0.25) is 5.91 Å². The third kappa shape index (κ3) is 2.58. The third-order valence-corrected chi connectivity index (χ3v) is 3.35. The molecule has 15 heavy (non-hydrogen) atoms. The van der Waals surface area contributed by atoms with Gasteiger partial charge in [0, 0.05) is 22.1 Å². The Hall–Kier alpha value is -0.870. The number of carbonyl (C=O) groups excluding carboxylic acids is 1. The summed E-state index contributed by atoms with van der Waals surface area (Å²) in [6, 6.07) is 8.02. The van der Waals surface area contributed by atoms with Crippen LogP contribution in [0.4, 0.5) is 5.69 Å². The number of alkyl halides is 1. The van der Waals surface area contributed by atoms with Gasteiger partial charge in [0.05, 0.1) is 0 Å². The van der Waals surface area contributed by atoms with E-state index in [1.807, 2.05) is 18.2 Å². The van der Waals surface area contributed by atoms with Gasteiger partial charge >= 0.3 is 0 Å². The predicted octanol–water partition coefficient (Wildman–Crippen LogP) is 3.62. The predicted molar refractivity (Wildman–Crippen MR) is 68.9 cm³/mol. The maximum absolute atomic E-state index is 11.3. The Labute approximate surface area is 100 Å². The van der Waals surface area contributed by atoms with Crippen molar-refractivity contribution in [3.05, 3.63) is 29.6 Å². The van der Waals surface area contributed by atoms with Crippen LogP contribution in [0.15, 0.2) is 29.6 Å². The van der Waals surface area contributed by atoms with Gasteiger partial charge in [0.15, 0.2) is 0 Å². The molecule has 0 saturated heterocycles. The molecule has 0 aliphatic carbocycles. The molecule has 2 rings (SSSR count). The van der Waals surface area contributed by atoms with Crippen molar-refractivity contribution in [1.29, 1.82) is 0 Å². The molecule has 78 valence electrons. The highest BCUT2D eigenvalue weighted by Crippen LogP contribution is 2.23. The maximum Gasteiger partial charge on any atom is 0.225 e. The fourth-order valence-corrected chi connectivity index (χ4v) is 2.48. The van der Waals surface area contributed by atoms with Crippen molar-refractivity contribution < 1.29 is 4.79 Å². The molecule has 1 aromatic heterocycles. The minimum absolute atomic E-state index is 0.0430. The molecule has 4 heteroatoms. The van der Waals surface area contributed by atoms with Gasteiger partial charge in [-0.1, -0.05) is 15.9 Å². The summed E-state index contributed by atoms with van der Waals surface area (Å²) in [6.45, 7) is 0. The topological polar surface area (TPSA) is 29.1 Å². The highest BCUT2D eigenvalue weighted by atomic mass is 79.9. The van der Waals surface area contributed by atoms with Crippen LogP contribution in [0.3, 0.4) is 0 Å². The van der Waals surface area contributed by atoms with Gasteiger partial charge in [0.25, 0.3) is 0 Å². The Morgan fingerprint density at radius 1 is 1.40 bits per heavy atom. The molecular formula is C11H10BrNOS. The molecule has 1 aromatic carbocycles. The number of halogens is 1. The molecule has 2 nitrogen and oxygen atoms in total. The summed E-state index contributed by atoms with van der Waals surface area (Å²) in [5.41, 5.74) is 0.867. The second-order valence-corrected chi connectivity index (χ2v) is 4.90. The van der Waals surface area contributed by atoms with E-state index in [1.165, 1.54) is 10.1 Å². The van der Waals surface area contributed by atoms with E-state index in [-0.39, 0.29) is 5.91 Å². The van der Waals surface area contributed by atoms with Gasteiger partial charge < -0.3 is 5.32 Å². The molecule has 0 aliphatic rings. The molecule has 0 radical (unpaired) electrons. The molecule has 1 amide bonds. The molecule has 0 aliphatic heterocycles. The molecule has 0 saturated carbocycles. The van der Waals surface area contributed by atoms with Crippen LogP contribution in [-0.4, -0.2) is 11.2 Å². The van der Waals surface area contributed by atoms with Gasteiger partial charge in [0.1, 0.15) is 0 Å². The van der Waals surface area contributed by atoms with E-state index >= 15 is 0 Å². The molecule has 0 unspecified atom stereocenters. The van der Waals surface area contributed by atoms with Gasteiger partial charge in [-0.2, -0.15) is 0 Å². The summed E-state index contributed by atoms with van der Waals surface area (Å²) in [4.78, 5) is 11.3. The monoisotopic (exact) mass is 283 g/mol. The van der Waals surface area contributed by atoms with Crippen molar-refractivity contribution in [2.75, 3.05) is 10.6 Å². The second-order valence-electron chi connectivity index (χ2n) is 3.16. The zero-order valence-corrected chi connectivity index (χ0v) is 10.4. The lowest BCUT2D eigenvalue weighted by Gasteiger charge is -2.03. The van der Waals surface area contributed by atoms with Crippen molar-refractivity contribution in [3.63, 3.8) is 0 Å². The first-order valence-corrected chi connectivity index (χ1v) is 6.63. The summed E-state index contributed by atoms with van der Waals surface area (Å²) in [5, 5.41) is 6.78. The molecule has 2 aromatic rings. The number of amides is 1. The van der Waals surface area contributed by atoms with E-state index in [2.05, 4.69) is 32.7 Å². The maximum atomic E-state index is 11.3. The van der Waals surface area contributed by atoms with Crippen LogP contribution in [0.25, 0.3) is 10.1 Å². The molecule has 1 N–H and O–H groups in total. The standard InChI is InChI=1S/C11H10BrNOS/c12-5-3-11(14)13-9-1-2-10-8(7-9)4-6-15-10/h1-2,4,6-7H,3,5H2,(H,13,14). The quantitative estimate of drug-likeness (QED) is 0.857. The Bertz CT molecular complexity index is 480.